The van der Waals surface area contributed by atoms with Gasteiger partial charge >= 0.3 is 0 Å². The number of hydrogen-bond acceptors (Lipinski definition) is 1. The lowest BCUT2D eigenvalue weighted by molar-refractivity contribution is 0.344. The zero-order chi connectivity index (χ0) is 13.9. The van der Waals surface area contributed by atoms with E-state index in [4.69, 9.17) is 16.3 Å². The summed E-state index contributed by atoms with van der Waals surface area (Å²) in [4.78, 5) is 0. The fourth-order valence-corrected chi connectivity index (χ4v) is 2.66. The minimum Gasteiger partial charge on any atom is -0.493 e. The molecule has 0 aliphatic rings. The minimum absolute atomic E-state index is 0.679. The third-order valence-electron chi connectivity index (χ3n) is 3.32. The number of halogens is 1. The Morgan fingerprint density at radius 2 is 1.95 bits per heavy atom. The highest BCUT2D eigenvalue weighted by Crippen LogP contribution is 2.27. The van der Waals surface area contributed by atoms with Crippen LogP contribution in [0, 0.1) is 0 Å². The molecular formula is C17H16ClNO. The Morgan fingerprint density at radius 3 is 2.75 bits per heavy atom. The van der Waals surface area contributed by atoms with Gasteiger partial charge in [0, 0.05) is 23.2 Å². The van der Waals surface area contributed by atoms with Gasteiger partial charge in [-0.15, -0.1) is 0 Å². The van der Waals surface area contributed by atoms with E-state index in [0.717, 1.165) is 22.7 Å². The quantitative estimate of drug-likeness (QED) is 0.675. The summed E-state index contributed by atoms with van der Waals surface area (Å²) in [6.07, 6.45) is 2.09. The Balaban J connectivity index is 1.98. The van der Waals surface area contributed by atoms with E-state index >= 15 is 0 Å². The van der Waals surface area contributed by atoms with Gasteiger partial charge in [-0.2, -0.15) is 0 Å². The molecule has 0 atom stereocenters. The highest BCUT2D eigenvalue weighted by Gasteiger charge is 2.06. The number of ether oxygens (including phenoxy) is 1. The van der Waals surface area contributed by atoms with E-state index in [0.29, 0.717) is 6.61 Å². The van der Waals surface area contributed by atoms with Crippen LogP contribution in [0.5, 0.6) is 5.75 Å². The third-order valence-corrected chi connectivity index (χ3v) is 3.55. The number of rotatable bonds is 4. The summed E-state index contributed by atoms with van der Waals surface area (Å²) in [6, 6.07) is 16.2. The van der Waals surface area contributed by atoms with Gasteiger partial charge in [-0.25, -0.2) is 0 Å². The lowest BCUT2D eigenvalue weighted by Crippen LogP contribution is -1.98. The number of nitrogens with zero attached hydrogens (tertiary/aromatic N) is 1. The van der Waals surface area contributed by atoms with Crippen molar-refractivity contribution >= 4 is 22.5 Å². The van der Waals surface area contributed by atoms with Crippen molar-refractivity contribution in [3.63, 3.8) is 0 Å². The largest absolute Gasteiger partial charge is 0.493 e. The number of aromatic nitrogens is 1. The maximum absolute atomic E-state index is 6.04. The third kappa shape index (κ3) is 2.52. The zero-order valence-electron chi connectivity index (χ0n) is 11.3. The Hall–Kier alpha value is -1.93. The first kappa shape index (κ1) is 13.1. The topological polar surface area (TPSA) is 14.2 Å². The highest BCUT2D eigenvalue weighted by atomic mass is 35.5. The van der Waals surface area contributed by atoms with Crippen molar-refractivity contribution in [1.82, 2.24) is 4.57 Å². The Labute approximate surface area is 123 Å². The van der Waals surface area contributed by atoms with Gasteiger partial charge in [0.15, 0.2) is 0 Å². The fourth-order valence-electron chi connectivity index (χ4n) is 2.45. The molecule has 1 aromatic heterocycles. The van der Waals surface area contributed by atoms with Crippen LogP contribution < -0.4 is 4.74 Å². The summed E-state index contributed by atoms with van der Waals surface area (Å²) >= 11 is 6.04. The van der Waals surface area contributed by atoms with Crippen LogP contribution in [0.4, 0.5) is 0 Å². The number of hydrogen-bond donors (Lipinski definition) is 0. The molecule has 0 aliphatic heterocycles. The minimum atomic E-state index is 0.679. The molecule has 0 saturated heterocycles. The van der Waals surface area contributed by atoms with E-state index in [-0.39, 0.29) is 0 Å². The standard InChI is InChI=1S/C17H16ClNO/c1-2-20-17-8-4-7-16-15(17)9-10-19(16)12-13-5-3-6-14(18)11-13/h3-11H,2,12H2,1H3. The first-order chi connectivity index (χ1) is 9.78. The molecule has 0 saturated carbocycles. The van der Waals surface area contributed by atoms with Crippen molar-refractivity contribution in [2.45, 2.75) is 13.5 Å². The highest BCUT2D eigenvalue weighted by molar-refractivity contribution is 6.30. The molecule has 20 heavy (non-hydrogen) atoms. The van der Waals surface area contributed by atoms with Crippen LogP contribution in [-0.4, -0.2) is 11.2 Å². The van der Waals surface area contributed by atoms with Gasteiger partial charge in [-0.3, -0.25) is 0 Å². The van der Waals surface area contributed by atoms with E-state index in [2.05, 4.69) is 29.0 Å². The van der Waals surface area contributed by atoms with Gasteiger partial charge in [0.1, 0.15) is 5.75 Å². The van der Waals surface area contributed by atoms with Gasteiger partial charge in [0.25, 0.3) is 0 Å². The Bertz CT molecular complexity index is 733. The molecule has 0 unspecified atom stereocenters. The Morgan fingerprint density at radius 1 is 1.10 bits per heavy atom. The molecule has 3 heteroatoms. The summed E-state index contributed by atoms with van der Waals surface area (Å²) in [5.41, 5.74) is 2.37. The molecule has 3 aromatic rings. The lowest BCUT2D eigenvalue weighted by atomic mass is 10.2. The van der Waals surface area contributed by atoms with Crippen molar-refractivity contribution < 1.29 is 4.74 Å². The maximum atomic E-state index is 6.04. The molecule has 0 aliphatic carbocycles. The second-order valence-electron chi connectivity index (χ2n) is 4.70. The molecule has 0 N–H and O–H groups in total. The van der Waals surface area contributed by atoms with Crippen molar-refractivity contribution in [3.8, 4) is 5.75 Å². The van der Waals surface area contributed by atoms with E-state index in [1.54, 1.807) is 0 Å². The second-order valence-corrected chi connectivity index (χ2v) is 5.13. The van der Waals surface area contributed by atoms with E-state index in [1.807, 2.05) is 37.3 Å². The first-order valence-corrected chi connectivity index (χ1v) is 7.11. The Kier molecular flexibility index (Phi) is 3.66. The zero-order valence-corrected chi connectivity index (χ0v) is 12.1. The molecule has 2 nitrogen and oxygen atoms in total. The molecule has 0 radical (unpaired) electrons. The van der Waals surface area contributed by atoms with Crippen LogP contribution in [0.2, 0.25) is 5.02 Å². The fraction of sp³-hybridized carbons (Fsp3) is 0.176. The van der Waals surface area contributed by atoms with Crippen LogP contribution >= 0.6 is 11.6 Å². The molecular weight excluding hydrogens is 270 g/mol. The van der Waals surface area contributed by atoms with E-state index < -0.39 is 0 Å². The maximum Gasteiger partial charge on any atom is 0.128 e. The second kappa shape index (κ2) is 5.59. The van der Waals surface area contributed by atoms with Crippen molar-refractivity contribution in [2.24, 2.45) is 0 Å². The molecule has 0 spiro atoms. The SMILES string of the molecule is CCOc1cccc2c1ccn2Cc1cccc(Cl)c1. The molecule has 0 fully saturated rings. The normalized spacial score (nSPS) is 10.9. The predicted octanol–water partition coefficient (Wildman–Crippen LogP) is 4.74. The van der Waals surface area contributed by atoms with Crippen LogP contribution in [0.25, 0.3) is 10.9 Å². The van der Waals surface area contributed by atoms with Gasteiger partial charge in [0.2, 0.25) is 0 Å². The summed E-state index contributed by atoms with van der Waals surface area (Å²) in [7, 11) is 0. The van der Waals surface area contributed by atoms with Crippen LogP contribution in [-0.2, 0) is 6.54 Å². The molecule has 0 amide bonds. The van der Waals surface area contributed by atoms with Gasteiger partial charge in [0.05, 0.1) is 12.1 Å². The van der Waals surface area contributed by atoms with Gasteiger partial charge < -0.3 is 9.30 Å². The molecule has 1 heterocycles. The summed E-state index contributed by atoms with van der Waals surface area (Å²) < 4.78 is 7.88. The molecule has 0 bridgehead atoms. The first-order valence-electron chi connectivity index (χ1n) is 6.73. The van der Waals surface area contributed by atoms with Crippen LogP contribution in [0.3, 0.4) is 0 Å². The van der Waals surface area contributed by atoms with Gasteiger partial charge in [-0.05, 0) is 42.8 Å². The predicted molar refractivity (Wildman–Crippen MR) is 83.7 cm³/mol. The number of fused-ring (bicyclic) bond motifs is 1. The van der Waals surface area contributed by atoms with E-state index in [9.17, 15) is 0 Å². The molecule has 3 rings (SSSR count). The average Bonchev–Trinajstić information content (AvgIpc) is 2.84. The summed E-state index contributed by atoms with van der Waals surface area (Å²) in [5, 5.41) is 1.92. The summed E-state index contributed by atoms with van der Waals surface area (Å²) in [5.74, 6) is 0.940. The lowest BCUT2D eigenvalue weighted by Gasteiger charge is -2.08. The van der Waals surface area contributed by atoms with Gasteiger partial charge in [-0.1, -0.05) is 29.8 Å². The monoisotopic (exact) mass is 285 g/mol. The number of benzene rings is 2. The van der Waals surface area contributed by atoms with Crippen molar-refractivity contribution in [3.05, 3.63) is 65.3 Å². The smallest absolute Gasteiger partial charge is 0.128 e. The van der Waals surface area contributed by atoms with Crippen molar-refractivity contribution in [1.29, 1.82) is 0 Å². The molecule has 102 valence electrons. The van der Waals surface area contributed by atoms with E-state index in [1.165, 1.54) is 11.1 Å². The van der Waals surface area contributed by atoms with Crippen molar-refractivity contribution in [2.75, 3.05) is 6.61 Å². The molecule has 2 aromatic carbocycles. The summed E-state index contributed by atoms with van der Waals surface area (Å²) in [6.45, 7) is 3.49. The average molecular weight is 286 g/mol. The van der Waals surface area contributed by atoms with Crippen LogP contribution in [0.1, 0.15) is 12.5 Å². The van der Waals surface area contributed by atoms with Crippen LogP contribution in [0.15, 0.2) is 54.7 Å².